The summed E-state index contributed by atoms with van der Waals surface area (Å²) in [5, 5.41) is 12.1. The number of β-amino-alcohol motifs (C(OH)–C–C–N with tert-alkyl or cyclic N) is 1. The highest BCUT2D eigenvalue weighted by molar-refractivity contribution is 6.08. The summed E-state index contributed by atoms with van der Waals surface area (Å²) >= 11 is 0. The average molecular weight is 382 g/mol. The molecule has 2 N–H and O–H groups in total. The Kier molecular flexibility index (Phi) is 5.96. The van der Waals surface area contributed by atoms with Gasteiger partial charge in [-0.15, -0.1) is 0 Å². The first kappa shape index (κ1) is 19.4. The van der Waals surface area contributed by atoms with Crippen LogP contribution in [0, 0.1) is 6.92 Å². The van der Waals surface area contributed by atoms with E-state index < -0.39 is 5.97 Å². The lowest BCUT2D eigenvalue weighted by molar-refractivity contribution is -0.136. The number of benzene rings is 2. The molecule has 1 aliphatic rings. The van der Waals surface area contributed by atoms with Gasteiger partial charge in [-0.1, -0.05) is 17.7 Å². The lowest BCUT2D eigenvalue weighted by Crippen LogP contribution is -2.31. The van der Waals surface area contributed by atoms with Gasteiger partial charge in [0.15, 0.2) is 0 Å². The molecule has 0 bridgehead atoms. The SMILES string of the molecule is COC(=O)C1=C(Nc2ccc(Oc3ccc(C)cc3)cc2)C(=O)N(CCO)C1. The van der Waals surface area contributed by atoms with Crippen molar-refractivity contribution in [1.29, 1.82) is 0 Å². The fraction of sp³-hybridized carbons (Fsp3) is 0.238. The Morgan fingerprint density at radius 1 is 1.11 bits per heavy atom. The number of amides is 1. The lowest BCUT2D eigenvalue weighted by Gasteiger charge is -2.15. The maximum Gasteiger partial charge on any atom is 0.337 e. The van der Waals surface area contributed by atoms with Gasteiger partial charge in [-0.2, -0.15) is 0 Å². The highest BCUT2D eigenvalue weighted by Gasteiger charge is 2.34. The molecule has 1 amide bonds. The van der Waals surface area contributed by atoms with Crippen molar-refractivity contribution >= 4 is 17.6 Å². The first-order valence-corrected chi connectivity index (χ1v) is 8.85. The Hall–Kier alpha value is -3.32. The van der Waals surface area contributed by atoms with Crippen molar-refractivity contribution in [3.8, 4) is 11.5 Å². The van der Waals surface area contributed by atoms with Crippen LogP contribution < -0.4 is 10.1 Å². The molecule has 7 nitrogen and oxygen atoms in total. The molecule has 0 saturated carbocycles. The van der Waals surface area contributed by atoms with E-state index in [-0.39, 0.29) is 36.9 Å². The third-order valence-corrected chi connectivity index (χ3v) is 4.33. The van der Waals surface area contributed by atoms with Gasteiger partial charge in [0.25, 0.3) is 5.91 Å². The van der Waals surface area contributed by atoms with E-state index >= 15 is 0 Å². The number of nitrogens with zero attached hydrogens (tertiary/aromatic N) is 1. The number of ether oxygens (including phenoxy) is 2. The second-order valence-corrected chi connectivity index (χ2v) is 6.36. The molecule has 2 aromatic carbocycles. The minimum Gasteiger partial charge on any atom is -0.466 e. The predicted octanol–water partition coefficient (Wildman–Crippen LogP) is 2.46. The second-order valence-electron chi connectivity index (χ2n) is 6.36. The van der Waals surface area contributed by atoms with Crippen LogP contribution in [0.3, 0.4) is 0 Å². The Bertz CT molecular complexity index is 888. The van der Waals surface area contributed by atoms with Crippen LogP contribution >= 0.6 is 0 Å². The van der Waals surface area contributed by atoms with Crippen LogP contribution in [-0.4, -0.2) is 48.7 Å². The largest absolute Gasteiger partial charge is 0.466 e. The topological polar surface area (TPSA) is 88.1 Å². The van der Waals surface area contributed by atoms with E-state index in [9.17, 15) is 9.59 Å². The maximum absolute atomic E-state index is 12.5. The third-order valence-electron chi connectivity index (χ3n) is 4.33. The number of anilines is 1. The van der Waals surface area contributed by atoms with Gasteiger partial charge in [-0.25, -0.2) is 4.79 Å². The highest BCUT2D eigenvalue weighted by atomic mass is 16.5. The summed E-state index contributed by atoms with van der Waals surface area (Å²) in [5.41, 5.74) is 2.18. The van der Waals surface area contributed by atoms with Crippen molar-refractivity contribution in [2.24, 2.45) is 0 Å². The molecule has 0 unspecified atom stereocenters. The van der Waals surface area contributed by atoms with Crippen molar-refractivity contribution in [2.75, 3.05) is 32.1 Å². The number of carbonyl (C=O) groups excluding carboxylic acids is 2. The van der Waals surface area contributed by atoms with Crippen LogP contribution in [0.5, 0.6) is 11.5 Å². The van der Waals surface area contributed by atoms with Gasteiger partial charge in [0, 0.05) is 12.2 Å². The molecule has 146 valence electrons. The van der Waals surface area contributed by atoms with Crippen molar-refractivity contribution in [3.63, 3.8) is 0 Å². The van der Waals surface area contributed by atoms with Gasteiger partial charge in [0.2, 0.25) is 0 Å². The number of aliphatic hydroxyl groups excluding tert-OH is 1. The number of carbonyl (C=O) groups is 2. The van der Waals surface area contributed by atoms with Gasteiger partial charge >= 0.3 is 5.97 Å². The minimum atomic E-state index is -0.574. The molecule has 0 saturated heterocycles. The summed E-state index contributed by atoms with van der Waals surface area (Å²) < 4.78 is 10.6. The smallest absolute Gasteiger partial charge is 0.337 e. The zero-order valence-corrected chi connectivity index (χ0v) is 15.8. The van der Waals surface area contributed by atoms with E-state index in [1.165, 1.54) is 12.0 Å². The summed E-state index contributed by atoms with van der Waals surface area (Å²) in [6.45, 7) is 2.07. The van der Waals surface area contributed by atoms with Crippen LogP contribution in [0.15, 0.2) is 59.8 Å². The molecular weight excluding hydrogens is 360 g/mol. The molecule has 1 heterocycles. The van der Waals surface area contributed by atoms with E-state index in [0.29, 0.717) is 11.4 Å². The molecule has 2 aromatic rings. The molecule has 0 aromatic heterocycles. The molecule has 3 rings (SSSR count). The predicted molar refractivity (Wildman–Crippen MR) is 104 cm³/mol. The molecule has 28 heavy (non-hydrogen) atoms. The van der Waals surface area contributed by atoms with Crippen LogP contribution in [-0.2, 0) is 14.3 Å². The standard InChI is InChI=1S/C21H22N2O5/c1-14-3-7-16(8-4-14)28-17-9-5-15(6-10-17)22-19-18(21(26)27-2)13-23(11-12-24)20(19)25/h3-10,22,24H,11-13H2,1-2H3. The number of esters is 1. The summed E-state index contributed by atoms with van der Waals surface area (Å²) in [6, 6.07) is 14.8. The van der Waals surface area contributed by atoms with Crippen molar-refractivity contribution in [3.05, 3.63) is 65.4 Å². The molecule has 0 spiro atoms. The quantitative estimate of drug-likeness (QED) is 0.716. The number of methoxy groups -OCH3 is 1. The van der Waals surface area contributed by atoms with E-state index in [1.54, 1.807) is 24.3 Å². The maximum atomic E-state index is 12.5. The van der Waals surface area contributed by atoms with Crippen LogP contribution in [0.25, 0.3) is 0 Å². The highest BCUT2D eigenvalue weighted by Crippen LogP contribution is 2.26. The first-order valence-electron chi connectivity index (χ1n) is 8.85. The number of aliphatic hydroxyl groups is 1. The zero-order chi connectivity index (χ0) is 20.1. The molecule has 0 radical (unpaired) electrons. The van der Waals surface area contributed by atoms with Gasteiger partial charge in [0.05, 0.1) is 25.8 Å². The third kappa shape index (κ3) is 4.32. The average Bonchev–Trinajstić information content (AvgIpc) is 3.01. The minimum absolute atomic E-state index is 0.100. The monoisotopic (exact) mass is 382 g/mol. The summed E-state index contributed by atoms with van der Waals surface area (Å²) in [5.74, 6) is 0.453. The fourth-order valence-corrected chi connectivity index (χ4v) is 2.84. The van der Waals surface area contributed by atoms with E-state index in [4.69, 9.17) is 14.6 Å². The van der Waals surface area contributed by atoms with Gasteiger partial charge in [-0.05, 0) is 43.3 Å². The normalized spacial score (nSPS) is 13.7. The molecule has 0 atom stereocenters. The van der Waals surface area contributed by atoms with Crippen LogP contribution in [0.2, 0.25) is 0 Å². The Morgan fingerprint density at radius 3 is 2.29 bits per heavy atom. The number of hydrogen-bond donors (Lipinski definition) is 2. The fourth-order valence-electron chi connectivity index (χ4n) is 2.84. The summed E-state index contributed by atoms with van der Waals surface area (Å²) in [6.07, 6.45) is 0. The Labute approximate surface area is 163 Å². The molecule has 1 aliphatic heterocycles. The Morgan fingerprint density at radius 2 is 1.71 bits per heavy atom. The van der Waals surface area contributed by atoms with E-state index in [2.05, 4.69) is 5.32 Å². The molecule has 7 heteroatoms. The summed E-state index contributed by atoms with van der Waals surface area (Å²) in [4.78, 5) is 25.9. The molecule has 0 fully saturated rings. The van der Waals surface area contributed by atoms with Gasteiger partial charge in [0.1, 0.15) is 17.2 Å². The van der Waals surface area contributed by atoms with E-state index in [1.807, 2.05) is 31.2 Å². The second kappa shape index (κ2) is 8.58. The van der Waals surface area contributed by atoms with Gasteiger partial charge in [-0.3, -0.25) is 4.79 Å². The van der Waals surface area contributed by atoms with Gasteiger partial charge < -0.3 is 24.8 Å². The number of aryl methyl sites for hydroxylation is 1. The first-order chi connectivity index (χ1) is 13.5. The number of hydrogen-bond acceptors (Lipinski definition) is 6. The number of rotatable bonds is 7. The van der Waals surface area contributed by atoms with Crippen molar-refractivity contribution in [1.82, 2.24) is 4.90 Å². The lowest BCUT2D eigenvalue weighted by atomic mass is 10.2. The number of nitrogens with one attached hydrogen (secondary N) is 1. The Balaban J connectivity index is 1.75. The van der Waals surface area contributed by atoms with Crippen LogP contribution in [0.1, 0.15) is 5.56 Å². The zero-order valence-electron chi connectivity index (χ0n) is 15.8. The molecular formula is C21H22N2O5. The van der Waals surface area contributed by atoms with Crippen molar-refractivity contribution < 1.29 is 24.2 Å². The summed E-state index contributed by atoms with van der Waals surface area (Å²) in [7, 11) is 1.27. The van der Waals surface area contributed by atoms with Crippen molar-refractivity contribution in [2.45, 2.75) is 6.92 Å². The van der Waals surface area contributed by atoms with E-state index in [0.717, 1.165) is 11.3 Å². The molecule has 0 aliphatic carbocycles. The van der Waals surface area contributed by atoms with Crippen LogP contribution in [0.4, 0.5) is 5.69 Å².